The van der Waals surface area contributed by atoms with Crippen molar-refractivity contribution >= 4 is 8.01 Å². The molecule has 0 fully saturated rings. The highest BCUT2D eigenvalue weighted by Gasteiger charge is 2.01. The molecule has 7 heavy (non-hydrogen) atoms. The normalized spacial score (nSPS) is 11.4. The third-order valence-corrected chi connectivity index (χ3v) is 1.41. The van der Waals surface area contributed by atoms with Crippen LogP contribution in [0.15, 0.2) is 21.1 Å². The third-order valence-electron chi connectivity index (χ3n) is 0.540. The van der Waals surface area contributed by atoms with E-state index in [9.17, 15) is 0 Å². The maximum absolute atomic E-state index is 8.06. The van der Waals surface area contributed by atoms with E-state index in [1.165, 1.54) is 0 Å². The molecule has 0 radical (unpaired) electrons. The minimum Gasteiger partial charge on any atom is -0.516 e. The van der Waals surface area contributed by atoms with Crippen LogP contribution in [0.1, 0.15) is 0 Å². The van der Waals surface area contributed by atoms with E-state index in [4.69, 9.17) is 5.11 Å². The van der Waals surface area contributed by atoms with E-state index in [2.05, 4.69) is 8.71 Å². The van der Waals surface area contributed by atoms with Gasteiger partial charge in [0.1, 0.15) is 0 Å². The Hall–Kier alpha value is -0.560. The van der Waals surface area contributed by atoms with Gasteiger partial charge in [0.2, 0.25) is 0 Å². The van der Waals surface area contributed by atoms with Crippen molar-refractivity contribution in [3.8, 4) is 0 Å². The van der Waals surface area contributed by atoms with Crippen LogP contribution in [0.2, 0.25) is 0 Å². The van der Waals surface area contributed by atoms with Crippen LogP contribution in [0.4, 0.5) is 0 Å². The van der Waals surface area contributed by atoms with Crippen LogP contribution >= 0.6 is 8.01 Å². The summed E-state index contributed by atoms with van der Waals surface area (Å²) in [7, 11) is -0.603. The predicted octanol–water partition coefficient (Wildman–Crippen LogP) is 1.93. The molecule has 1 N–H and O–H groups in total. The lowest BCUT2D eigenvalue weighted by molar-refractivity contribution is 0.264. The van der Waals surface area contributed by atoms with E-state index in [0.717, 1.165) is 6.26 Å². The molecule has 0 aliphatic heterocycles. The predicted molar refractivity (Wildman–Crippen MR) is 25.5 cm³/mol. The molecular weight excluding hydrogens is 115 g/mol. The number of allylic oxidation sites excluding steroid dienone is 1. The molecule has 0 aliphatic carbocycles. The molecule has 1 aromatic rings. The van der Waals surface area contributed by atoms with Crippen molar-refractivity contribution in [2.24, 2.45) is 0 Å². The van der Waals surface area contributed by atoms with Crippen molar-refractivity contribution in [2.45, 2.75) is 6.16 Å². The quantitative estimate of drug-likeness (QED) is 0.479. The van der Waals surface area contributed by atoms with Crippen LogP contribution in [0.25, 0.3) is 0 Å². The highest BCUT2D eigenvalue weighted by molar-refractivity contribution is 7.38. The van der Waals surface area contributed by atoms with Crippen molar-refractivity contribution < 1.29 is 13.8 Å². The van der Waals surface area contributed by atoms with Crippen molar-refractivity contribution in [1.82, 2.24) is 0 Å². The summed E-state index contributed by atoms with van der Waals surface area (Å²) in [5.74, 6) is 0. The van der Waals surface area contributed by atoms with Crippen molar-refractivity contribution in [2.75, 3.05) is 0 Å². The van der Waals surface area contributed by atoms with Gasteiger partial charge in [-0.2, -0.15) is 0 Å². The second-order valence-electron chi connectivity index (χ2n) is 1.05. The highest BCUT2D eigenvalue weighted by atomic mass is 31.1. The summed E-state index contributed by atoms with van der Waals surface area (Å²) in [6, 6.07) is 0. The Bertz CT molecular complexity index is 127. The summed E-state index contributed by atoms with van der Waals surface area (Å²) in [5, 5.41) is 8.06. The zero-order valence-electron chi connectivity index (χ0n) is 3.57. The van der Waals surface area contributed by atoms with Gasteiger partial charge in [-0.05, 0) is 6.08 Å². The lowest BCUT2D eigenvalue weighted by Gasteiger charge is -1.64. The Morgan fingerprint density at radius 3 is 2.71 bits per heavy atom. The van der Waals surface area contributed by atoms with Crippen LogP contribution in [-0.4, -0.2) is 5.11 Å². The Kier molecular flexibility index (Phi) is 1.27. The van der Waals surface area contributed by atoms with Crippen LogP contribution < -0.4 is 0 Å². The summed E-state index contributed by atoms with van der Waals surface area (Å²) in [5.41, 5.74) is 0. The SMILES string of the molecule is OC=CCp1oo1. The van der Waals surface area contributed by atoms with Gasteiger partial charge in [-0.15, -0.1) is 0 Å². The first-order valence-corrected chi connectivity index (χ1v) is 3.21. The number of rotatable bonds is 2. The Morgan fingerprint density at radius 2 is 2.29 bits per heavy atom. The number of hydrogen-bond donors (Lipinski definition) is 1. The van der Waals surface area contributed by atoms with E-state index in [-0.39, 0.29) is 0 Å². The molecule has 0 saturated heterocycles. The second-order valence-corrected chi connectivity index (χ2v) is 2.38. The van der Waals surface area contributed by atoms with E-state index in [0.29, 0.717) is 6.16 Å². The zero-order valence-corrected chi connectivity index (χ0v) is 4.47. The van der Waals surface area contributed by atoms with Crippen LogP contribution in [-0.2, 0) is 6.16 Å². The van der Waals surface area contributed by atoms with Crippen LogP contribution in [0.5, 0.6) is 0 Å². The molecule has 0 spiro atoms. The number of aliphatic hydroxyl groups is 1. The lowest BCUT2D eigenvalue weighted by Crippen LogP contribution is -1.51. The summed E-state index contributed by atoms with van der Waals surface area (Å²) < 4.78 is 8.83. The summed E-state index contributed by atoms with van der Waals surface area (Å²) >= 11 is 0. The van der Waals surface area contributed by atoms with Crippen LogP contribution in [0, 0.1) is 0 Å². The standard InChI is InChI=1S/C3H5O3P/c4-2-1-3-7-5-6-7/h1-2,4H,3H2. The fourth-order valence-electron chi connectivity index (χ4n) is 0.218. The lowest BCUT2D eigenvalue weighted by atomic mass is 10.7. The van der Waals surface area contributed by atoms with Gasteiger partial charge >= 0.3 is 8.01 Å². The van der Waals surface area contributed by atoms with Gasteiger partial charge in [0.15, 0.2) is 0 Å². The largest absolute Gasteiger partial charge is 0.516 e. The summed E-state index contributed by atoms with van der Waals surface area (Å²) in [4.78, 5) is 0. The minimum atomic E-state index is -0.603. The fourth-order valence-corrected chi connectivity index (χ4v) is 0.794. The molecule has 1 aromatic heterocycles. The van der Waals surface area contributed by atoms with E-state index >= 15 is 0 Å². The molecule has 0 unspecified atom stereocenters. The van der Waals surface area contributed by atoms with E-state index < -0.39 is 8.01 Å². The molecule has 0 aliphatic rings. The first kappa shape index (κ1) is 4.60. The van der Waals surface area contributed by atoms with Gasteiger partial charge in [-0.1, -0.05) is 0 Å². The smallest absolute Gasteiger partial charge is 0.319 e. The molecule has 0 saturated carbocycles. The van der Waals surface area contributed by atoms with Gasteiger partial charge in [0.05, 0.1) is 12.4 Å². The topological polar surface area (TPSA) is 46.5 Å². The maximum Gasteiger partial charge on any atom is 0.319 e. The molecule has 4 heteroatoms. The first-order chi connectivity index (χ1) is 3.43. The maximum atomic E-state index is 8.06. The van der Waals surface area contributed by atoms with E-state index in [1.807, 2.05) is 0 Å². The van der Waals surface area contributed by atoms with Gasteiger partial charge in [0.25, 0.3) is 0 Å². The first-order valence-electron chi connectivity index (χ1n) is 1.85. The molecule has 40 valence electrons. The average Bonchev–Trinajstić information content (AvgIpc) is 2.42. The van der Waals surface area contributed by atoms with Crippen molar-refractivity contribution in [1.29, 1.82) is 0 Å². The van der Waals surface area contributed by atoms with Gasteiger partial charge < -0.3 is 5.11 Å². The molecule has 0 amide bonds. The van der Waals surface area contributed by atoms with Crippen LogP contribution in [0.3, 0.4) is 0 Å². The summed E-state index contributed by atoms with van der Waals surface area (Å²) in [6.45, 7) is 0. The molecule has 1 heterocycles. The number of aliphatic hydroxyl groups excluding tert-OH is 1. The average molecular weight is 120 g/mol. The third kappa shape index (κ3) is 1.55. The summed E-state index contributed by atoms with van der Waals surface area (Å²) in [6.07, 6.45) is 3.29. The Labute approximate surface area is 41.4 Å². The van der Waals surface area contributed by atoms with Gasteiger partial charge in [-0.3, -0.25) is 0 Å². The van der Waals surface area contributed by atoms with Gasteiger partial charge in [0, 0.05) is 0 Å². The molecule has 3 nitrogen and oxygen atoms in total. The molecule has 1 rings (SSSR count). The van der Waals surface area contributed by atoms with Crippen molar-refractivity contribution in [3.05, 3.63) is 12.3 Å². The second kappa shape index (κ2) is 1.94. The molecular formula is C3H5O3P. The van der Waals surface area contributed by atoms with Crippen molar-refractivity contribution in [3.63, 3.8) is 0 Å². The Balaban J connectivity index is 2.15. The fraction of sp³-hybridized carbons (Fsp3) is 0.333. The molecule has 0 aromatic carbocycles. The Morgan fingerprint density at radius 1 is 1.57 bits per heavy atom. The zero-order chi connectivity index (χ0) is 5.11. The van der Waals surface area contributed by atoms with Gasteiger partial charge in [-0.25, -0.2) is 8.71 Å². The molecule has 0 bridgehead atoms. The number of hydrogen-bond acceptors (Lipinski definition) is 3. The highest BCUT2D eigenvalue weighted by Crippen LogP contribution is 2.36. The van der Waals surface area contributed by atoms with E-state index in [1.54, 1.807) is 6.08 Å². The monoisotopic (exact) mass is 120 g/mol. The minimum absolute atomic E-state index is 0.603. The molecule has 0 atom stereocenters.